The Balaban J connectivity index is 3.34. The predicted octanol–water partition coefficient (Wildman–Crippen LogP) is 2.79. The second kappa shape index (κ2) is 5.49. The molecule has 0 atom stereocenters. The van der Waals surface area contributed by atoms with E-state index in [1.54, 1.807) is 26.0 Å². The first-order valence-electron chi connectivity index (χ1n) is 5.53. The fourth-order valence-electron chi connectivity index (χ4n) is 1.70. The molecule has 0 aliphatic heterocycles. The van der Waals surface area contributed by atoms with Crippen molar-refractivity contribution < 1.29 is 14.6 Å². The van der Waals surface area contributed by atoms with Gasteiger partial charge in [-0.15, -0.1) is 0 Å². The van der Waals surface area contributed by atoms with E-state index in [1.807, 2.05) is 13.0 Å². The molecule has 0 heterocycles. The van der Waals surface area contributed by atoms with Gasteiger partial charge in [0.2, 0.25) is 0 Å². The molecular formula is C14H17NO3. The summed E-state index contributed by atoms with van der Waals surface area (Å²) < 4.78 is 5.10. The van der Waals surface area contributed by atoms with E-state index in [4.69, 9.17) is 15.3 Å². The summed E-state index contributed by atoms with van der Waals surface area (Å²) in [6.45, 7) is 5.22. The summed E-state index contributed by atoms with van der Waals surface area (Å²) >= 11 is 0. The quantitative estimate of drug-likeness (QED) is 0.635. The van der Waals surface area contributed by atoms with Crippen LogP contribution < -0.4 is 4.74 Å². The third-order valence-electron chi connectivity index (χ3n) is 2.68. The van der Waals surface area contributed by atoms with E-state index in [1.165, 1.54) is 7.11 Å². The van der Waals surface area contributed by atoms with Gasteiger partial charge in [-0.2, -0.15) is 0 Å². The minimum Gasteiger partial charge on any atom is -0.497 e. The highest BCUT2D eigenvalue weighted by molar-refractivity contribution is 6.25. The number of nitrogens with one attached hydrogen (secondary N) is 1. The first kappa shape index (κ1) is 14.0. The maximum Gasteiger partial charge on any atom is 0.337 e. The van der Waals surface area contributed by atoms with Gasteiger partial charge in [0, 0.05) is 5.56 Å². The number of carboxylic acid groups (broad SMARTS) is 1. The number of hydrogen-bond donors (Lipinski definition) is 2. The molecule has 0 unspecified atom stereocenters. The first-order chi connectivity index (χ1) is 8.38. The Hall–Kier alpha value is -2.10. The molecule has 0 bridgehead atoms. The van der Waals surface area contributed by atoms with E-state index in [2.05, 4.69) is 0 Å². The van der Waals surface area contributed by atoms with E-state index in [0.717, 1.165) is 5.56 Å². The first-order valence-corrected chi connectivity index (χ1v) is 5.53. The normalized spacial score (nSPS) is 9.78. The summed E-state index contributed by atoms with van der Waals surface area (Å²) in [5.74, 6) is -0.471. The number of aliphatic carboxylic acids is 1. The maximum atomic E-state index is 11.2. The summed E-state index contributed by atoms with van der Waals surface area (Å²) in [5, 5.41) is 17.2. The number of carboxylic acids is 1. The van der Waals surface area contributed by atoms with E-state index in [0.29, 0.717) is 16.9 Å². The van der Waals surface area contributed by atoms with Crippen LogP contribution in [-0.4, -0.2) is 23.9 Å². The maximum absolute atomic E-state index is 11.2. The number of rotatable bonds is 4. The van der Waals surface area contributed by atoms with Gasteiger partial charge >= 0.3 is 5.97 Å². The summed E-state index contributed by atoms with van der Waals surface area (Å²) in [4.78, 5) is 11.2. The lowest BCUT2D eigenvalue weighted by Gasteiger charge is -2.11. The summed E-state index contributed by atoms with van der Waals surface area (Å²) in [6, 6.07) is 5.28. The molecule has 2 N–H and O–H groups in total. The van der Waals surface area contributed by atoms with Crippen molar-refractivity contribution in [3.63, 3.8) is 0 Å². The van der Waals surface area contributed by atoms with Gasteiger partial charge in [-0.25, -0.2) is 4.79 Å². The van der Waals surface area contributed by atoms with Crippen molar-refractivity contribution in [3.8, 4) is 5.75 Å². The molecule has 0 aliphatic carbocycles. The Morgan fingerprint density at radius 1 is 1.33 bits per heavy atom. The number of carbonyl (C=O) groups is 1. The second-order valence-corrected chi connectivity index (χ2v) is 4.24. The molecule has 4 heteroatoms. The van der Waals surface area contributed by atoms with Gasteiger partial charge in [0.1, 0.15) is 5.75 Å². The zero-order valence-corrected chi connectivity index (χ0v) is 11.0. The van der Waals surface area contributed by atoms with Crippen LogP contribution in [0.5, 0.6) is 5.75 Å². The molecule has 0 saturated carbocycles. The summed E-state index contributed by atoms with van der Waals surface area (Å²) in [6.07, 6.45) is 0. The number of aryl methyl sites for hydroxylation is 1. The highest BCUT2D eigenvalue weighted by Gasteiger charge is 2.18. The molecule has 1 aromatic carbocycles. The minimum absolute atomic E-state index is 0.0129. The standard InChI is InChI=1S/C14H17NO3/c1-8(2)12(14(16)17)13(15)11-7-10(18-4)6-5-9(11)3/h5-7,15H,1-4H3,(H,16,17). The van der Waals surface area contributed by atoms with Crippen molar-refractivity contribution in [2.24, 2.45) is 0 Å². The van der Waals surface area contributed by atoms with E-state index < -0.39 is 5.97 Å². The van der Waals surface area contributed by atoms with Gasteiger partial charge in [-0.05, 0) is 38.5 Å². The molecule has 0 aromatic heterocycles. The molecule has 0 amide bonds. The Kier molecular flexibility index (Phi) is 4.26. The monoisotopic (exact) mass is 247 g/mol. The Morgan fingerprint density at radius 3 is 2.39 bits per heavy atom. The fourth-order valence-corrected chi connectivity index (χ4v) is 1.70. The van der Waals surface area contributed by atoms with Crippen LogP contribution in [-0.2, 0) is 4.79 Å². The van der Waals surface area contributed by atoms with Gasteiger partial charge in [0.05, 0.1) is 18.4 Å². The Bertz CT molecular complexity index is 526. The molecule has 96 valence electrons. The van der Waals surface area contributed by atoms with Crippen LogP contribution in [0.15, 0.2) is 29.3 Å². The number of allylic oxidation sites excluding steroid dienone is 1. The van der Waals surface area contributed by atoms with E-state index in [-0.39, 0.29) is 11.3 Å². The van der Waals surface area contributed by atoms with E-state index in [9.17, 15) is 4.79 Å². The SMILES string of the molecule is COc1ccc(C)c(C(=N)C(C(=O)O)=C(C)C)c1. The number of ether oxygens (including phenoxy) is 1. The van der Waals surface area contributed by atoms with Crippen molar-refractivity contribution in [3.05, 3.63) is 40.5 Å². The number of methoxy groups -OCH3 is 1. The lowest BCUT2D eigenvalue weighted by atomic mass is 9.95. The van der Waals surface area contributed by atoms with Crippen LogP contribution in [0.3, 0.4) is 0 Å². The van der Waals surface area contributed by atoms with Gasteiger partial charge in [0.15, 0.2) is 0 Å². The second-order valence-electron chi connectivity index (χ2n) is 4.24. The van der Waals surface area contributed by atoms with Crippen LogP contribution in [0.1, 0.15) is 25.0 Å². The molecule has 1 rings (SSSR count). The van der Waals surface area contributed by atoms with E-state index >= 15 is 0 Å². The summed E-state index contributed by atoms with van der Waals surface area (Å²) in [7, 11) is 1.54. The van der Waals surface area contributed by atoms with Gasteiger partial charge in [0.25, 0.3) is 0 Å². The highest BCUT2D eigenvalue weighted by Crippen LogP contribution is 2.21. The van der Waals surface area contributed by atoms with Crippen LogP contribution in [0, 0.1) is 12.3 Å². The molecule has 0 spiro atoms. The number of hydrogen-bond acceptors (Lipinski definition) is 3. The van der Waals surface area contributed by atoms with Crippen LogP contribution >= 0.6 is 0 Å². The lowest BCUT2D eigenvalue weighted by molar-refractivity contribution is -0.132. The molecule has 0 fully saturated rings. The zero-order chi connectivity index (χ0) is 13.9. The molecule has 0 aliphatic rings. The minimum atomic E-state index is -1.08. The molecular weight excluding hydrogens is 230 g/mol. The highest BCUT2D eigenvalue weighted by atomic mass is 16.5. The molecule has 4 nitrogen and oxygen atoms in total. The van der Waals surface area contributed by atoms with Gasteiger partial charge in [-0.3, -0.25) is 5.41 Å². The topological polar surface area (TPSA) is 70.4 Å². The largest absolute Gasteiger partial charge is 0.497 e. The summed E-state index contributed by atoms with van der Waals surface area (Å²) in [5.41, 5.74) is 2.08. The smallest absolute Gasteiger partial charge is 0.337 e. The lowest BCUT2D eigenvalue weighted by Crippen LogP contribution is -2.15. The molecule has 0 radical (unpaired) electrons. The molecule has 18 heavy (non-hydrogen) atoms. The van der Waals surface area contributed by atoms with Crippen LogP contribution in [0.4, 0.5) is 0 Å². The van der Waals surface area contributed by atoms with Crippen LogP contribution in [0.2, 0.25) is 0 Å². The van der Waals surface area contributed by atoms with Crippen molar-refractivity contribution in [2.75, 3.05) is 7.11 Å². The Morgan fingerprint density at radius 2 is 1.94 bits per heavy atom. The average Bonchev–Trinajstić information content (AvgIpc) is 2.28. The zero-order valence-electron chi connectivity index (χ0n) is 11.0. The third-order valence-corrected chi connectivity index (χ3v) is 2.68. The van der Waals surface area contributed by atoms with Crippen molar-refractivity contribution in [2.45, 2.75) is 20.8 Å². The average molecular weight is 247 g/mol. The molecule has 0 saturated heterocycles. The molecule has 1 aromatic rings. The van der Waals surface area contributed by atoms with Gasteiger partial charge in [-0.1, -0.05) is 11.6 Å². The van der Waals surface area contributed by atoms with Crippen molar-refractivity contribution >= 4 is 11.7 Å². The van der Waals surface area contributed by atoms with Crippen molar-refractivity contribution in [1.29, 1.82) is 5.41 Å². The van der Waals surface area contributed by atoms with Crippen LogP contribution in [0.25, 0.3) is 0 Å². The fraction of sp³-hybridized carbons (Fsp3) is 0.286. The Labute approximate surface area is 106 Å². The van der Waals surface area contributed by atoms with Gasteiger partial charge < -0.3 is 9.84 Å². The predicted molar refractivity (Wildman–Crippen MR) is 70.6 cm³/mol. The third kappa shape index (κ3) is 2.77. The number of benzene rings is 1. The van der Waals surface area contributed by atoms with Crippen molar-refractivity contribution in [1.82, 2.24) is 0 Å².